The predicted molar refractivity (Wildman–Crippen MR) is 78.7 cm³/mol. The van der Waals surface area contributed by atoms with Gasteiger partial charge in [-0.25, -0.2) is 4.98 Å². The molecule has 0 amide bonds. The standard InChI is InChI=1S/C16H20N2O/c1-4-18(15-7-5-6-12(2)10-15)16-11-14(13(3)19)8-9-17-16/h5-11,13,19H,4H2,1-3H3/t13-/m1/s1. The lowest BCUT2D eigenvalue weighted by molar-refractivity contribution is 0.199. The first-order valence-corrected chi connectivity index (χ1v) is 6.60. The number of benzene rings is 1. The van der Waals surface area contributed by atoms with Crippen LogP contribution in [0.5, 0.6) is 0 Å². The number of nitrogens with zero attached hydrogens (tertiary/aromatic N) is 2. The van der Waals surface area contributed by atoms with Crippen molar-refractivity contribution in [3.8, 4) is 0 Å². The fraction of sp³-hybridized carbons (Fsp3) is 0.312. The SMILES string of the molecule is CCN(c1cccc(C)c1)c1cc([C@@H](C)O)ccn1. The average Bonchev–Trinajstić information content (AvgIpc) is 2.40. The normalized spacial score (nSPS) is 12.2. The topological polar surface area (TPSA) is 36.4 Å². The molecule has 0 radical (unpaired) electrons. The van der Waals surface area contributed by atoms with Crippen LogP contribution in [0.4, 0.5) is 11.5 Å². The van der Waals surface area contributed by atoms with E-state index in [2.05, 4.69) is 41.9 Å². The third-order valence-corrected chi connectivity index (χ3v) is 3.16. The van der Waals surface area contributed by atoms with Crippen molar-refractivity contribution in [2.24, 2.45) is 0 Å². The first-order chi connectivity index (χ1) is 9.11. The summed E-state index contributed by atoms with van der Waals surface area (Å²) in [6.07, 6.45) is 1.27. The molecule has 3 nitrogen and oxygen atoms in total. The molecule has 0 bridgehead atoms. The average molecular weight is 256 g/mol. The maximum absolute atomic E-state index is 9.67. The van der Waals surface area contributed by atoms with Crippen LogP contribution in [0.1, 0.15) is 31.1 Å². The van der Waals surface area contributed by atoms with Crippen molar-refractivity contribution in [2.45, 2.75) is 26.9 Å². The minimum absolute atomic E-state index is 0.474. The highest BCUT2D eigenvalue weighted by Crippen LogP contribution is 2.26. The van der Waals surface area contributed by atoms with E-state index in [1.807, 2.05) is 18.2 Å². The Morgan fingerprint density at radius 3 is 2.68 bits per heavy atom. The van der Waals surface area contributed by atoms with Gasteiger partial charge in [0.1, 0.15) is 5.82 Å². The molecule has 1 N–H and O–H groups in total. The zero-order chi connectivity index (χ0) is 13.8. The summed E-state index contributed by atoms with van der Waals surface area (Å²) in [5.74, 6) is 0.867. The number of hydrogen-bond acceptors (Lipinski definition) is 3. The van der Waals surface area contributed by atoms with Crippen molar-refractivity contribution in [3.05, 3.63) is 53.7 Å². The van der Waals surface area contributed by atoms with Crippen LogP contribution in [-0.2, 0) is 0 Å². The molecule has 2 rings (SSSR count). The van der Waals surface area contributed by atoms with Crippen LogP contribution in [0.2, 0.25) is 0 Å². The van der Waals surface area contributed by atoms with E-state index >= 15 is 0 Å². The lowest BCUT2D eigenvalue weighted by Gasteiger charge is -2.23. The lowest BCUT2D eigenvalue weighted by Crippen LogP contribution is -2.17. The zero-order valence-corrected chi connectivity index (χ0v) is 11.7. The van der Waals surface area contributed by atoms with E-state index < -0.39 is 6.10 Å². The number of pyridine rings is 1. The molecule has 100 valence electrons. The van der Waals surface area contributed by atoms with Crippen LogP contribution in [-0.4, -0.2) is 16.6 Å². The van der Waals surface area contributed by atoms with Gasteiger partial charge in [-0.1, -0.05) is 12.1 Å². The smallest absolute Gasteiger partial charge is 0.133 e. The number of rotatable bonds is 4. The van der Waals surface area contributed by atoms with Crippen molar-refractivity contribution in [1.29, 1.82) is 0 Å². The van der Waals surface area contributed by atoms with Gasteiger partial charge < -0.3 is 10.0 Å². The van der Waals surface area contributed by atoms with Crippen molar-refractivity contribution >= 4 is 11.5 Å². The van der Waals surface area contributed by atoms with E-state index in [1.165, 1.54) is 5.56 Å². The summed E-state index contributed by atoms with van der Waals surface area (Å²) >= 11 is 0. The van der Waals surface area contributed by atoms with Crippen molar-refractivity contribution in [3.63, 3.8) is 0 Å². The monoisotopic (exact) mass is 256 g/mol. The maximum atomic E-state index is 9.67. The summed E-state index contributed by atoms with van der Waals surface area (Å²) in [6, 6.07) is 12.1. The molecule has 0 spiro atoms. The Balaban J connectivity index is 2.39. The molecular weight excluding hydrogens is 236 g/mol. The summed E-state index contributed by atoms with van der Waals surface area (Å²) in [7, 11) is 0. The number of anilines is 2. The van der Waals surface area contributed by atoms with Gasteiger partial charge in [-0.2, -0.15) is 0 Å². The molecule has 0 aliphatic heterocycles. The first-order valence-electron chi connectivity index (χ1n) is 6.60. The number of hydrogen-bond donors (Lipinski definition) is 1. The summed E-state index contributed by atoms with van der Waals surface area (Å²) in [5, 5.41) is 9.67. The minimum atomic E-state index is -0.474. The van der Waals surface area contributed by atoms with Crippen molar-refractivity contribution < 1.29 is 5.11 Å². The fourth-order valence-electron chi connectivity index (χ4n) is 2.11. The third kappa shape index (κ3) is 3.12. The zero-order valence-electron chi connectivity index (χ0n) is 11.7. The number of aromatic nitrogens is 1. The van der Waals surface area contributed by atoms with E-state index in [-0.39, 0.29) is 0 Å². The second-order valence-corrected chi connectivity index (χ2v) is 4.71. The molecule has 2 aromatic rings. The van der Waals surface area contributed by atoms with Crippen LogP contribution in [0, 0.1) is 6.92 Å². The van der Waals surface area contributed by atoms with E-state index in [9.17, 15) is 5.11 Å². The van der Waals surface area contributed by atoms with Gasteiger partial charge in [0.25, 0.3) is 0 Å². The Kier molecular flexibility index (Phi) is 4.17. The molecule has 0 fully saturated rings. The van der Waals surface area contributed by atoms with Crippen LogP contribution >= 0.6 is 0 Å². The highest BCUT2D eigenvalue weighted by molar-refractivity contribution is 5.61. The van der Waals surface area contributed by atoms with Crippen LogP contribution in [0.3, 0.4) is 0 Å². The van der Waals surface area contributed by atoms with Crippen LogP contribution in [0.25, 0.3) is 0 Å². The Morgan fingerprint density at radius 2 is 2.05 bits per heavy atom. The van der Waals surface area contributed by atoms with Crippen molar-refractivity contribution in [2.75, 3.05) is 11.4 Å². The van der Waals surface area contributed by atoms with E-state index in [4.69, 9.17) is 0 Å². The molecule has 1 heterocycles. The van der Waals surface area contributed by atoms with Gasteiger partial charge >= 0.3 is 0 Å². The van der Waals surface area contributed by atoms with Gasteiger partial charge in [0.15, 0.2) is 0 Å². The van der Waals surface area contributed by atoms with Gasteiger partial charge in [0, 0.05) is 18.4 Å². The summed E-state index contributed by atoms with van der Waals surface area (Å²) in [6.45, 7) is 6.78. The largest absolute Gasteiger partial charge is 0.389 e. The Bertz CT molecular complexity index is 552. The molecule has 3 heteroatoms. The van der Waals surface area contributed by atoms with Gasteiger partial charge in [-0.05, 0) is 56.2 Å². The highest BCUT2D eigenvalue weighted by atomic mass is 16.3. The molecule has 19 heavy (non-hydrogen) atoms. The number of aliphatic hydroxyl groups excluding tert-OH is 1. The number of aryl methyl sites for hydroxylation is 1. The highest BCUT2D eigenvalue weighted by Gasteiger charge is 2.10. The maximum Gasteiger partial charge on any atom is 0.133 e. The molecule has 0 saturated heterocycles. The molecule has 1 aromatic carbocycles. The Labute approximate surface area is 114 Å². The molecule has 0 aliphatic carbocycles. The molecule has 0 unspecified atom stereocenters. The van der Waals surface area contributed by atoms with Crippen LogP contribution < -0.4 is 4.90 Å². The molecule has 1 atom stereocenters. The minimum Gasteiger partial charge on any atom is -0.389 e. The fourth-order valence-corrected chi connectivity index (χ4v) is 2.11. The van der Waals surface area contributed by atoms with E-state index in [0.29, 0.717) is 0 Å². The summed E-state index contributed by atoms with van der Waals surface area (Å²) in [4.78, 5) is 6.55. The summed E-state index contributed by atoms with van der Waals surface area (Å²) in [5.41, 5.74) is 3.23. The third-order valence-electron chi connectivity index (χ3n) is 3.16. The van der Waals surface area contributed by atoms with Gasteiger partial charge in [0.2, 0.25) is 0 Å². The molecular formula is C16H20N2O. The second kappa shape index (κ2) is 5.85. The van der Waals surface area contributed by atoms with Gasteiger partial charge in [-0.3, -0.25) is 0 Å². The van der Waals surface area contributed by atoms with Gasteiger partial charge in [0.05, 0.1) is 6.10 Å². The Hall–Kier alpha value is -1.87. The quantitative estimate of drug-likeness (QED) is 0.908. The van der Waals surface area contributed by atoms with E-state index in [1.54, 1.807) is 13.1 Å². The second-order valence-electron chi connectivity index (χ2n) is 4.71. The number of aliphatic hydroxyl groups is 1. The lowest BCUT2D eigenvalue weighted by atomic mass is 10.1. The van der Waals surface area contributed by atoms with Crippen molar-refractivity contribution in [1.82, 2.24) is 4.98 Å². The molecule has 1 aromatic heterocycles. The molecule has 0 aliphatic rings. The summed E-state index contributed by atoms with van der Waals surface area (Å²) < 4.78 is 0. The first kappa shape index (κ1) is 13.6. The predicted octanol–water partition coefficient (Wildman–Crippen LogP) is 3.60. The molecule has 0 saturated carbocycles. The Morgan fingerprint density at radius 1 is 1.26 bits per heavy atom. The van der Waals surface area contributed by atoms with E-state index in [0.717, 1.165) is 23.6 Å². The van der Waals surface area contributed by atoms with Gasteiger partial charge in [-0.15, -0.1) is 0 Å². The van der Waals surface area contributed by atoms with Crippen LogP contribution in [0.15, 0.2) is 42.6 Å².